The van der Waals surface area contributed by atoms with Gasteiger partial charge in [0.05, 0.1) is 30.4 Å². The Morgan fingerprint density at radius 2 is 2.00 bits per heavy atom. The first kappa shape index (κ1) is 15.0. The van der Waals surface area contributed by atoms with E-state index < -0.39 is 0 Å². The lowest BCUT2D eigenvalue weighted by atomic mass is 10.1. The standard InChI is InChI=1S/C16H21N3O3/c20-15(12-5-6-17-11-12)18-14-4-2-1-3-13(14)16(21)19-7-9-22-10-8-19/h1-4,12,17H,5-11H2,(H,18,20). The van der Waals surface area contributed by atoms with Crippen molar-refractivity contribution in [3.8, 4) is 0 Å². The van der Waals surface area contributed by atoms with Crippen LogP contribution in [-0.4, -0.2) is 56.1 Å². The second-order valence-corrected chi connectivity index (χ2v) is 5.63. The number of para-hydroxylation sites is 1. The van der Waals surface area contributed by atoms with E-state index in [1.807, 2.05) is 12.1 Å². The van der Waals surface area contributed by atoms with Crippen molar-refractivity contribution in [2.24, 2.45) is 5.92 Å². The van der Waals surface area contributed by atoms with E-state index in [2.05, 4.69) is 10.6 Å². The maximum atomic E-state index is 12.6. The third-order valence-corrected chi connectivity index (χ3v) is 4.14. The zero-order valence-electron chi connectivity index (χ0n) is 12.5. The molecular weight excluding hydrogens is 282 g/mol. The molecule has 118 valence electrons. The first-order valence-corrected chi connectivity index (χ1v) is 7.73. The van der Waals surface area contributed by atoms with Crippen LogP contribution in [0.2, 0.25) is 0 Å². The quantitative estimate of drug-likeness (QED) is 0.862. The van der Waals surface area contributed by atoms with Crippen molar-refractivity contribution in [3.05, 3.63) is 29.8 Å². The Kier molecular flexibility index (Phi) is 4.70. The van der Waals surface area contributed by atoms with Crippen LogP contribution in [0.5, 0.6) is 0 Å². The third kappa shape index (κ3) is 3.28. The molecule has 1 aromatic rings. The van der Waals surface area contributed by atoms with E-state index in [0.29, 0.717) is 44.1 Å². The van der Waals surface area contributed by atoms with Gasteiger partial charge in [0.1, 0.15) is 0 Å². The molecule has 0 saturated carbocycles. The van der Waals surface area contributed by atoms with E-state index in [1.165, 1.54) is 0 Å². The molecule has 2 heterocycles. The number of benzene rings is 1. The number of nitrogens with zero attached hydrogens (tertiary/aromatic N) is 1. The van der Waals surface area contributed by atoms with Crippen molar-refractivity contribution in [1.82, 2.24) is 10.2 Å². The molecule has 1 atom stereocenters. The highest BCUT2D eigenvalue weighted by Gasteiger charge is 2.25. The van der Waals surface area contributed by atoms with Crippen LogP contribution in [0.4, 0.5) is 5.69 Å². The molecule has 0 aliphatic carbocycles. The summed E-state index contributed by atoms with van der Waals surface area (Å²) in [5, 5.41) is 6.09. The van der Waals surface area contributed by atoms with Crippen LogP contribution in [0.3, 0.4) is 0 Å². The van der Waals surface area contributed by atoms with E-state index >= 15 is 0 Å². The van der Waals surface area contributed by atoms with Gasteiger partial charge in [0.25, 0.3) is 5.91 Å². The minimum atomic E-state index is -0.0521. The number of hydrogen-bond donors (Lipinski definition) is 2. The zero-order chi connectivity index (χ0) is 15.4. The molecule has 0 radical (unpaired) electrons. The molecule has 3 rings (SSSR count). The Morgan fingerprint density at radius 1 is 1.23 bits per heavy atom. The van der Waals surface area contributed by atoms with Crippen molar-refractivity contribution in [1.29, 1.82) is 0 Å². The van der Waals surface area contributed by atoms with E-state index in [4.69, 9.17) is 4.74 Å². The molecule has 2 amide bonds. The number of anilines is 1. The Labute approximate surface area is 129 Å². The number of amides is 2. The van der Waals surface area contributed by atoms with Gasteiger partial charge >= 0.3 is 0 Å². The summed E-state index contributed by atoms with van der Waals surface area (Å²) in [7, 11) is 0. The Morgan fingerprint density at radius 3 is 2.73 bits per heavy atom. The van der Waals surface area contributed by atoms with Crippen LogP contribution in [0.1, 0.15) is 16.8 Å². The molecule has 6 heteroatoms. The van der Waals surface area contributed by atoms with Gasteiger partial charge in [0.2, 0.25) is 5.91 Å². The molecule has 2 N–H and O–H groups in total. The Hall–Kier alpha value is -1.92. The summed E-state index contributed by atoms with van der Waals surface area (Å²) < 4.78 is 5.28. The fraction of sp³-hybridized carbons (Fsp3) is 0.500. The van der Waals surface area contributed by atoms with Gasteiger partial charge < -0.3 is 20.3 Å². The van der Waals surface area contributed by atoms with Crippen LogP contribution < -0.4 is 10.6 Å². The molecule has 2 saturated heterocycles. The fourth-order valence-electron chi connectivity index (χ4n) is 2.83. The van der Waals surface area contributed by atoms with E-state index in [0.717, 1.165) is 13.0 Å². The largest absolute Gasteiger partial charge is 0.378 e. The predicted molar refractivity (Wildman–Crippen MR) is 82.8 cm³/mol. The first-order valence-electron chi connectivity index (χ1n) is 7.73. The highest BCUT2D eigenvalue weighted by Crippen LogP contribution is 2.20. The number of carbonyl (C=O) groups excluding carboxylic acids is 2. The van der Waals surface area contributed by atoms with E-state index in [1.54, 1.807) is 17.0 Å². The van der Waals surface area contributed by atoms with Crippen molar-refractivity contribution >= 4 is 17.5 Å². The van der Waals surface area contributed by atoms with Gasteiger partial charge in [-0.2, -0.15) is 0 Å². The van der Waals surface area contributed by atoms with Crippen LogP contribution in [0.15, 0.2) is 24.3 Å². The summed E-state index contributed by atoms with van der Waals surface area (Å²) in [6, 6.07) is 7.20. The molecule has 1 unspecified atom stereocenters. The lowest BCUT2D eigenvalue weighted by Crippen LogP contribution is -2.41. The van der Waals surface area contributed by atoms with Gasteiger partial charge in [0.15, 0.2) is 0 Å². The summed E-state index contributed by atoms with van der Waals surface area (Å²) in [6.07, 6.45) is 0.839. The highest BCUT2D eigenvalue weighted by atomic mass is 16.5. The van der Waals surface area contributed by atoms with Crippen LogP contribution >= 0.6 is 0 Å². The molecule has 22 heavy (non-hydrogen) atoms. The third-order valence-electron chi connectivity index (χ3n) is 4.14. The fourth-order valence-corrected chi connectivity index (χ4v) is 2.83. The average molecular weight is 303 g/mol. The van der Waals surface area contributed by atoms with E-state index in [-0.39, 0.29) is 17.7 Å². The molecule has 2 aliphatic heterocycles. The smallest absolute Gasteiger partial charge is 0.256 e. The van der Waals surface area contributed by atoms with Crippen LogP contribution in [0.25, 0.3) is 0 Å². The highest BCUT2D eigenvalue weighted by molar-refractivity contribution is 6.04. The summed E-state index contributed by atoms with van der Waals surface area (Å²) >= 11 is 0. The number of carbonyl (C=O) groups is 2. The van der Waals surface area contributed by atoms with Gasteiger partial charge in [-0.15, -0.1) is 0 Å². The summed E-state index contributed by atoms with van der Waals surface area (Å²) in [4.78, 5) is 26.7. The van der Waals surface area contributed by atoms with Gasteiger partial charge in [-0.05, 0) is 25.1 Å². The van der Waals surface area contributed by atoms with Crippen molar-refractivity contribution < 1.29 is 14.3 Å². The number of hydrogen-bond acceptors (Lipinski definition) is 4. The zero-order valence-corrected chi connectivity index (χ0v) is 12.5. The van der Waals surface area contributed by atoms with Gasteiger partial charge in [-0.3, -0.25) is 9.59 Å². The molecule has 0 aromatic heterocycles. The maximum Gasteiger partial charge on any atom is 0.256 e. The number of nitrogens with one attached hydrogen (secondary N) is 2. The lowest BCUT2D eigenvalue weighted by Gasteiger charge is -2.27. The molecule has 2 fully saturated rings. The summed E-state index contributed by atoms with van der Waals surface area (Å²) in [5.74, 6) is -0.0949. The second kappa shape index (κ2) is 6.89. The lowest BCUT2D eigenvalue weighted by molar-refractivity contribution is -0.119. The normalized spacial score (nSPS) is 21.6. The molecule has 6 nitrogen and oxygen atoms in total. The second-order valence-electron chi connectivity index (χ2n) is 5.63. The first-order chi connectivity index (χ1) is 10.8. The minimum absolute atomic E-state index is 0.0211. The average Bonchev–Trinajstić information content (AvgIpc) is 3.10. The summed E-state index contributed by atoms with van der Waals surface area (Å²) in [5.41, 5.74) is 1.14. The Bertz CT molecular complexity index is 549. The number of morpholine rings is 1. The molecule has 0 bridgehead atoms. The predicted octanol–water partition coefficient (Wildman–Crippen LogP) is 0.707. The van der Waals surface area contributed by atoms with Gasteiger partial charge in [-0.1, -0.05) is 12.1 Å². The van der Waals surface area contributed by atoms with Crippen LogP contribution in [0, 0.1) is 5.92 Å². The molecule has 2 aliphatic rings. The topological polar surface area (TPSA) is 70.7 Å². The Balaban J connectivity index is 1.74. The molecule has 1 aromatic carbocycles. The van der Waals surface area contributed by atoms with Crippen molar-refractivity contribution in [2.45, 2.75) is 6.42 Å². The minimum Gasteiger partial charge on any atom is -0.378 e. The summed E-state index contributed by atoms with van der Waals surface area (Å²) in [6.45, 7) is 3.88. The monoisotopic (exact) mass is 303 g/mol. The SMILES string of the molecule is O=C(Nc1ccccc1C(=O)N1CCOCC1)C1CCNC1. The van der Waals surface area contributed by atoms with E-state index in [9.17, 15) is 9.59 Å². The van der Waals surface area contributed by atoms with Gasteiger partial charge in [-0.25, -0.2) is 0 Å². The maximum absolute atomic E-state index is 12.6. The van der Waals surface area contributed by atoms with Crippen LogP contribution in [-0.2, 0) is 9.53 Å². The molecule has 0 spiro atoms. The number of rotatable bonds is 3. The van der Waals surface area contributed by atoms with Crippen molar-refractivity contribution in [2.75, 3.05) is 44.7 Å². The molecular formula is C16H21N3O3. The number of ether oxygens (including phenoxy) is 1. The van der Waals surface area contributed by atoms with Gasteiger partial charge in [0, 0.05) is 19.6 Å². The van der Waals surface area contributed by atoms with Crippen molar-refractivity contribution in [3.63, 3.8) is 0 Å².